The monoisotopic (exact) mass is 270 g/mol. The Kier molecular flexibility index (Phi) is 3.07. The molecule has 1 aromatic rings. The maximum absolute atomic E-state index is 13.8. The van der Waals surface area contributed by atoms with Crippen LogP contribution in [-0.2, 0) is 20.0 Å². The van der Waals surface area contributed by atoms with Crippen molar-refractivity contribution in [3.8, 4) is 0 Å². The summed E-state index contributed by atoms with van der Waals surface area (Å²) in [6.45, 7) is 1.26. The highest BCUT2D eigenvalue weighted by Crippen LogP contribution is 2.43. The van der Waals surface area contributed by atoms with Gasteiger partial charge in [0.2, 0.25) is 0 Å². The highest BCUT2D eigenvalue weighted by Gasteiger charge is 2.56. The van der Waals surface area contributed by atoms with Gasteiger partial charge in [-0.15, -0.1) is 0 Å². The van der Waals surface area contributed by atoms with Crippen LogP contribution in [0.1, 0.15) is 12.5 Å². The van der Waals surface area contributed by atoms with Crippen molar-refractivity contribution < 1.29 is 28.8 Å². The summed E-state index contributed by atoms with van der Waals surface area (Å²) in [4.78, 5) is 0. The molecule has 0 saturated carbocycles. The molecule has 2 N–H and O–H groups in total. The fourth-order valence-electron chi connectivity index (χ4n) is 2.54. The molecule has 1 unspecified atom stereocenters. The minimum atomic E-state index is -1.30. The number of aliphatic hydroxyl groups excluding tert-OH is 2. The van der Waals surface area contributed by atoms with Gasteiger partial charge in [0.1, 0.15) is 24.1 Å². The summed E-state index contributed by atoms with van der Waals surface area (Å²) in [7, 11) is 0. The molecule has 2 saturated heterocycles. The van der Waals surface area contributed by atoms with Gasteiger partial charge >= 0.3 is 0 Å². The zero-order valence-corrected chi connectivity index (χ0v) is 10.3. The van der Waals surface area contributed by atoms with Crippen molar-refractivity contribution in [1.29, 1.82) is 0 Å². The molecule has 3 rings (SSSR count). The third-order valence-electron chi connectivity index (χ3n) is 3.54. The zero-order chi connectivity index (χ0) is 13.6. The number of rotatable bonds is 2. The minimum absolute atomic E-state index is 0.251. The highest BCUT2D eigenvalue weighted by atomic mass is 19.1. The van der Waals surface area contributed by atoms with Crippen LogP contribution >= 0.6 is 0 Å². The summed E-state index contributed by atoms with van der Waals surface area (Å²) < 4.78 is 30.4. The Morgan fingerprint density at radius 1 is 1.32 bits per heavy atom. The quantitative estimate of drug-likeness (QED) is 0.818. The second kappa shape index (κ2) is 4.50. The number of hydrogen-bond donors (Lipinski definition) is 2. The number of halogens is 1. The Bertz CT molecular complexity index is 482. The molecule has 0 bridgehead atoms. The van der Waals surface area contributed by atoms with E-state index in [1.807, 2.05) is 0 Å². The van der Waals surface area contributed by atoms with Crippen molar-refractivity contribution in [2.45, 2.75) is 37.3 Å². The molecule has 5 atom stereocenters. The van der Waals surface area contributed by atoms with E-state index in [4.69, 9.17) is 19.3 Å². The van der Waals surface area contributed by atoms with Gasteiger partial charge in [-0.1, -0.05) is 18.2 Å². The van der Waals surface area contributed by atoms with E-state index in [9.17, 15) is 9.50 Å². The number of hydrogen-bond acceptors (Lipinski definition) is 5. The SMILES string of the molecule is CC1(c2ccccc2F)O[C@H]2O[C@H](CO)[C@H](O)[C@H]2O1. The van der Waals surface area contributed by atoms with E-state index < -0.39 is 36.2 Å². The van der Waals surface area contributed by atoms with Gasteiger partial charge in [-0.2, -0.15) is 0 Å². The van der Waals surface area contributed by atoms with E-state index in [1.165, 1.54) is 6.07 Å². The first kappa shape index (κ1) is 13.0. The molecule has 2 heterocycles. The maximum atomic E-state index is 13.8. The van der Waals surface area contributed by atoms with Crippen LogP contribution in [-0.4, -0.2) is 41.4 Å². The number of benzene rings is 1. The van der Waals surface area contributed by atoms with Gasteiger partial charge in [-0.3, -0.25) is 0 Å². The first-order chi connectivity index (χ1) is 9.05. The minimum Gasteiger partial charge on any atom is -0.394 e. The third kappa shape index (κ3) is 1.96. The van der Waals surface area contributed by atoms with E-state index in [2.05, 4.69) is 0 Å². The molecule has 0 aliphatic carbocycles. The lowest BCUT2D eigenvalue weighted by molar-refractivity contribution is -0.235. The van der Waals surface area contributed by atoms with Crippen molar-refractivity contribution in [1.82, 2.24) is 0 Å². The lowest BCUT2D eigenvalue weighted by Crippen LogP contribution is -2.36. The normalized spacial score (nSPS) is 41.5. The molecular formula is C13H15FO5. The van der Waals surface area contributed by atoms with Crippen LogP contribution in [0.4, 0.5) is 4.39 Å². The summed E-state index contributed by atoms with van der Waals surface area (Å²) in [5, 5.41) is 19.0. The van der Waals surface area contributed by atoms with Gasteiger partial charge < -0.3 is 24.4 Å². The van der Waals surface area contributed by atoms with Crippen molar-refractivity contribution in [2.24, 2.45) is 0 Å². The maximum Gasteiger partial charge on any atom is 0.198 e. The van der Waals surface area contributed by atoms with Gasteiger partial charge in [-0.05, 0) is 13.0 Å². The molecule has 104 valence electrons. The smallest absolute Gasteiger partial charge is 0.198 e. The van der Waals surface area contributed by atoms with Crippen molar-refractivity contribution in [3.05, 3.63) is 35.6 Å². The zero-order valence-electron chi connectivity index (χ0n) is 10.3. The number of fused-ring (bicyclic) bond motifs is 1. The van der Waals surface area contributed by atoms with Crippen LogP contribution in [0.15, 0.2) is 24.3 Å². The van der Waals surface area contributed by atoms with Crippen molar-refractivity contribution in [3.63, 3.8) is 0 Å². The van der Waals surface area contributed by atoms with Crippen LogP contribution in [0.3, 0.4) is 0 Å². The third-order valence-corrected chi connectivity index (χ3v) is 3.54. The van der Waals surface area contributed by atoms with E-state index in [0.29, 0.717) is 0 Å². The van der Waals surface area contributed by atoms with Crippen molar-refractivity contribution in [2.75, 3.05) is 6.61 Å². The first-order valence-electron chi connectivity index (χ1n) is 6.10. The van der Waals surface area contributed by atoms with Gasteiger partial charge in [0.15, 0.2) is 12.1 Å². The summed E-state index contributed by atoms with van der Waals surface area (Å²) in [6.07, 6.45) is -3.28. The molecule has 0 spiro atoms. The average molecular weight is 270 g/mol. The molecule has 2 aliphatic rings. The van der Waals surface area contributed by atoms with Gasteiger partial charge in [0.05, 0.1) is 6.61 Å². The van der Waals surface area contributed by atoms with Crippen LogP contribution < -0.4 is 0 Å². The predicted octanol–water partition coefficient (Wildman–Crippen LogP) is 0.492. The molecule has 0 amide bonds. The molecule has 5 nitrogen and oxygen atoms in total. The molecule has 1 aromatic carbocycles. The Labute approximate surface area is 109 Å². The summed E-state index contributed by atoms with van der Waals surface area (Å²) in [6, 6.07) is 6.13. The van der Waals surface area contributed by atoms with Crippen molar-refractivity contribution >= 4 is 0 Å². The van der Waals surface area contributed by atoms with Crippen LogP contribution in [0.2, 0.25) is 0 Å². The number of ether oxygens (including phenoxy) is 3. The number of aliphatic hydroxyl groups is 2. The van der Waals surface area contributed by atoms with Gasteiger partial charge in [0, 0.05) is 5.56 Å². The van der Waals surface area contributed by atoms with Gasteiger partial charge in [-0.25, -0.2) is 4.39 Å². The Morgan fingerprint density at radius 2 is 2.05 bits per heavy atom. The lowest BCUT2D eigenvalue weighted by atomic mass is 10.1. The van der Waals surface area contributed by atoms with Crippen LogP contribution in [0, 0.1) is 5.82 Å². The predicted molar refractivity (Wildman–Crippen MR) is 61.5 cm³/mol. The first-order valence-corrected chi connectivity index (χ1v) is 6.10. The molecule has 6 heteroatoms. The Morgan fingerprint density at radius 3 is 2.68 bits per heavy atom. The fraction of sp³-hybridized carbons (Fsp3) is 0.538. The largest absolute Gasteiger partial charge is 0.394 e. The van der Waals surface area contributed by atoms with Crippen LogP contribution in [0.25, 0.3) is 0 Å². The summed E-state index contributed by atoms with van der Waals surface area (Å²) in [5.74, 6) is -1.75. The Hall–Kier alpha value is -1.05. The molecule has 0 radical (unpaired) electrons. The van der Waals surface area contributed by atoms with Crippen LogP contribution in [0.5, 0.6) is 0 Å². The highest BCUT2D eigenvalue weighted by molar-refractivity contribution is 5.23. The topological polar surface area (TPSA) is 68.2 Å². The fourth-order valence-corrected chi connectivity index (χ4v) is 2.54. The second-order valence-corrected chi connectivity index (χ2v) is 4.84. The summed E-state index contributed by atoms with van der Waals surface area (Å²) in [5.41, 5.74) is 0.251. The standard InChI is InChI=1S/C13H15FO5/c1-13(7-4-2-3-5-8(7)14)18-11-10(16)9(6-15)17-12(11)19-13/h2-5,9-12,15-16H,6H2,1H3/t9-,10+,11-,12-,13?/m1/s1. The van der Waals surface area contributed by atoms with E-state index in [0.717, 1.165) is 0 Å². The lowest BCUT2D eigenvalue weighted by Gasteiger charge is -2.26. The van der Waals surface area contributed by atoms with E-state index in [1.54, 1.807) is 25.1 Å². The molecule has 2 aliphatic heterocycles. The molecule has 2 fully saturated rings. The molecule has 0 aromatic heterocycles. The molecular weight excluding hydrogens is 255 g/mol. The van der Waals surface area contributed by atoms with E-state index in [-0.39, 0.29) is 12.2 Å². The Balaban J connectivity index is 1.86. The molecule has 19 heavy (non-hydrogen) atoms. The summed E-state index contributed by atoms with van der Waals surface area (Å²) >= 11 is 0. The second-order valence-electron chi connectivity index (χ2n) is 4.84. The van der Waals surface area contributed by atoms with Gasteiger partial charge in [0.25, 0.3) is 0 Å². The average Bonchev–Trinajstić information content (AvgIpc) is 2.86. The van der Waals surface area contributed by atoms with E-state index >= 15 is 0 Å².